The van der Waals surface area contributed by atoms with Gasteiger partial charge in [0.1, 0.15) is 0 Å². The predicted octanol–water partition coefficient (Wildman–Crippen LogP) is 0.282. The summed E-state index contributed by atoms with van der Waals surface area (Å²) in [6.07, 6.45) is 1.68. The Morgan fingerprint density at radius 2 is 2.26 bits per heavy atom. The van der Waals surface area contributed by atoms with Gasteiger partial charge in [0.15, 0.2) is 0 Å². The monoisotopic (exact) mass is 266 g/mol. The molecule has 7 nitrogen and oxygen atoms in total. The van der Waals surface area contributed by atoms with Crippen LogP contribution in [0.3, 0.4) is 0 Å². The molecular weight excluding hydrogens is 248 g/mol. The van der Waals surface area contributed by atoms with E-state index in [4.69, 9.17) is 5.11 Å². The van der Waals surface area contributed by atoms with Crippen molar-refractivity contribution in [3.63, 3.8) is 0 Å². The fourth-order valence-electron chi connectivity index (χ4n) is 2.05. The number of hydrogen-bond donors (Lipinski definition) is 2. The molecule has 0 saturated carbocycles. The molecule has 1 saturated heterocycles. The minimum Gasteiger partial charge on any atom is -0.481 e. The minimum atomic E-state index is -0.806. The molecule has 1 fully saturated rings. The summed E-state index contributed by atoms with van der Waals surface area (Å²) in [5.74, 6) is -1.15. The number of urea groups is 1. The summed E-state index contributed by atoms with van der Waals surface area (Å²) in [6.45, 7) is 3.11. The number of aryl methyl sites for hydroxylation is 1. The van der Waals surface area contributed by atoms with Crippen molar-refractivity contribution < 1.29 is 14.7 Å². The van der Waals surface area contributed by atoms with Crippen LogP contribution in [-0.2, 0) is 18.4 Å². The van der Waals surface area contributed by atoms with Crippen molar-refractivity contribution >= 4 is 12.0 Å². The molecule has 0 spiro atoms. The summed E-state index contributed by atoms with van der Waals surface area (Å²) in [6, 6.07) is 1.68. The van der Waals surface area contributed by atoms with E-state index in [1.807, 2.05) is 13.1 Å². The van der Waals surface area contributed by atoms with Gasteiger partial charge < -0.3 is 15.3 Å². The van der Waals surface area contributed by atoms with Crippen LogP contribution in [0.1, 0.15) is 12.6 Å². The quantitative estimate of drug-likeness (QED) is 0.819. The third kappa shape index (κ3) is 2.86. The van der Waals surface area contributed by atoms with Gasteiger partial charge in [-0.2, -0.15) is 5.10 Å². The van der Waals surface area contributed by atoms with Crippen molar-refractivity contribution in [1.82, 2.24) is 20.0 Å². The molecule has 1 aliphatic rings. The highest BCUT2D eigenvalue weighted by atomic mass is 16.4. The topological polar surface area (TPSA) is 87.5 Å². The fraction of sp³-hybridized carbons (Fsp3) is 0.583. The van der Waals surface area contributed by atoms with E-state index < -0.39 is 11.9 Å². The first-order chi connectivity index (χ1) is 8.99. The van der Waals surface area contributed by atoms with Crippen LogP contribution in [0.15, 0.2) is 12.3 Å². The van der Waals surface area contributed by atoms with Gasteiger partial charge in [-0.05, 0) is 6.07 Å². The SMILES string of the molecule is CC(C(=O)O)C1CN(C(=O)NCc2ccnn2C)C1. The Balaban J connectivity index is 1.75. The van der Waals surface area contributed by atoms with Gasteiger partial charge in [-0.1, -0.05) is 6.92 Å². The van der Waals surface area contributed by atoms with E-state index in [-0.39, 0.29) is 11.9 Å². The van der Waals surface area contributed by atoms with Gasteiger partial charge in [0.25, 0.3) is 0 Å². The summed E-state index contributed by atoms with van der Waals surface area (Å²) >= 11 is 0. The Morgan fingerprint density at radius 3 is 2.79 bits per heavy atom. The summed E-state index contributed by atoms with van der Waals surface area (Å²) in [5.41, 5.74) is 0.921. The largest absolute Gasteiger partial charge is 0.481 e. The van der Waals surface area contributed by atoms with E-state index in [9.17, 15) is 9.59 Å². The average Bonchev–Trinajstić information content (AvgIpc) is 2.70. The number of rotatable bonds is 4. The molecule has 19 heavy (non-hydrogen) atoms. The molecule has 0 aliphatic carbocycles. The van der Waals surface area contributed by atoms with E-state index in [0.29, 0.717) is 19.6 Å². The highest BCUT2D eigenvalue weighted by Crippen LogP contribution is 2.23. The fourth-order valence-corrected chi connectivity index (χ4v) is 2.05. The molecule has 1 aliphatic heterocycles. The van der Waals surface area contributed by atoms with Crippen LogP contribution in [0.25, 0.3) is 0 Å². The van der Waals surface area contributed by atoms with Gasteiger partial charge in [-0.15, -0.1) is 0 Å². The number of carboxylic acid groups (broad SMARTS) is 1. The normalized spacial score (nSPS) is 16.8. The van der Waals surface area contributed by atoms with Gasteiger partial charge in [0, 0.05) is 32.3 Å². The number of aliphatic carboxylic acids is 1. The van der Waals surface area contributed by atoms with Crippen molar-refractivity contribution in [2.45, 2.75) is 13.5 Å². The molecule has 7 heteroatoms. The zero-order valence-electron chi connectivity index (χ0n) is 11.0. The number of carboxylic acids is 1. The lowest BCUT2D eigenvalue weighted by molar-refractivity contribution is -0.144. The predicted molar refractivity (Wildman–Crippen MR) is 67.3 cm³/mol. The Labute approximate surface area is 111 Å². The van der Waals surface area contributed by atoms with Crippen molar-refractivity contribution in [3.8, 4) is 0 Å². The van der Waals surface area contributed by atoms with Crippen LogP contribution in [0.5, 0.6) is 0 Å². The Kier molecular flexibility index (Phi) is 3.73. The van der Waals surface area contributed by atoms with E-state index in [1.165, 1.54) is 0 Å². The number of nitrogens with one attached hydrogen (secondary N) is 1. The Bertz CT molecular complexity index is 479. The summed E-state index contributed by atoms with van der Waals surface area (Å²) in [7, 11) is 1.82. The van der Waals surface area contributed by atoms with Crippen molar-refractivity contribution in [2.24, 2.45) is 18.9 Å². The summed E-state index contributed by atoms with van der Waals surface area (Å²) in [5, 5.41) is 15.7. The number of nitrogens with zero attached hydrogens (tertiary/aromatic N) is 3. The number of likely N-dealkylation sites (tertiary alicyclic amines) is 1. The molecule has 1 aromatic heterocycles. The molecule has 104 valence electrons. The van der Waals surface area contributed by atoms with E-state index >= 15 is 0 Å². The molecule has 0 aromatic carbocycles. The smallest absolute Gasteiger partial charge is 0.317 e. The lowest BCUT2D eigenvalue weighted by Gasteiger charge is -2.41. The van der Waals surface area contributed by atoms with E-state index in [2.05, 4.69) is 10.4 Å². The zero-order valence-corrected chi connectivity index (χ0v) is 11.0. The molecule has 2 heterocycles. The summed E-state index contributed by atoms with van der Waals surface area (Å²) in [4.78, 5) is 24.2. The van der Waals surface area contributed by atoms with Gasteiger partial charge in [0.05, 0.1) is 18.2 Å². The molecule has 1 unspecified atom stereocenters. The summed E-state index contributed by atoms with van der Waals surface area (Å²) < 4.78 is 1.70. The van der Waals surface area contributed by atoms with Crippen LogP contribution >= 0.6 is 0 Å². The van der Waals surface area contributed by atoms with Gasteiger partial charge >= 0.3 is 12.0 Å². The van der Waals surface area contributed by atoms with Gasteiger partial charge in [0.2, 0.25) is 0 Å². The molecule has 0 radical (unpaired) electrons. The highest BCUT2D eigenvalue weighted by Gasteiger charge is 2.37. The molecule has 2 amide bonds. The molecule has 2 N–H and O–H groups in total. The maximum atomic E-state index is 11.8. The van der Waals surface area contributed by atoms with E-state index in [0.717, 1.165) is 5.69 Å². The minimum absolute atomic E-state index is 0.0555. The number of aromatic nitrogens is 2. The maximum absolute atomic E-state index is 11.8. The van der Waals surface area contributed by atoms with Crippen molar-refractivity contribution in [3.05, 3.63) is 18.0 Å². The third-order valence-electron chi connectivity index (χ3n) is 3.64. The lowest BCUT2D eigenvalue weighted by Crippen LogP contribution is -2.56. The first-order valence-corrected chi connectivity index (χ1v) is 6.21. The second-order valence-electron chi connectivity index (χ2n) is 4.90. The average molecular weight is 266 g/mol. The third-order valence-corrected chi connectivity index (χ3v) is 3.64. The molecule has 0 bridgehead atoms. The van der Waals surface area contributed by atoms with E-state index in [1.54, 1.807) is 22.7 Å². The molecule has 2 rings (SSSR count). The second-order valence-corrected chi connectivity index (χ2v) is 4.90. The first kappa shape index (κ1) is 13.4. The number of carbonyl (C=O) groups is 2. The van der Waals surface area contributed by atoms with Crippen LogP contribution in [0.2, 0.25) is 0 Å². The Morgan fingerprint density at radius 1 is 1.58 bits per heavy atom. The maximum Gasteiger partial charge on any atom is 0.317 e. The molecule has 1 aromatic rings. The van der Waals surface area contributed by atoms with Crippen molar-refractivity contribution in [1.29, 1.82) is 0 Å². The van der Waals surface area contributed by atoms with Gasteiger partial charge in [-0.3, -0.25) is 9.48 Å². The standard InChI is InChI=1S/C12H18N4O3/c1-8(11(17)18)9-6-16(7-9)12(19)13-5-10-3-4-14-15(10)2/h3-4,8-9H,5-7H2,1-2H3,(H,13,19)(H,17,18). The Hall–Kier alpha value is -2.05. The van der Waals surface area contributed by atoms with Crippen molar-refractivity contribution in [2.75, 3.05) is 13.1 Å². The number of amides is 2. The molecular formula is C12H18N4O3. The second kappa shape index (κ2) is 5.29. The van der Waals surface area contributed by atoms with Crippen LogP contribution in [0.4, 0.5) is 4.79 Å². The number of hydrogen-bond acceptors (Lipinski definition) is 3. The van der Waals surface area contributed by atoms with Crippen LogP contribution < -0.4 is 5.32 Å². The number of carbonyl (C=O) groups excluding carboxylic acids is 1. The first-order valence-electron chi connectivity index (χ1n) is 6.21. The zero-order chi connectivity index (χ0) is 14.0. The lowest BCUT2D eigenvalue weighted by atomic mass is 9.87. The van der Waals surface area contributed by atoms with Crippen LogP contribution in [0, 0.1) is 11.8 Å². The highest BCUT2D eigenvalue weighted by molar-refractivity contribution is 5.76. The van der Waals surface area contributed by atoms with Gasteiger partial charge in [-0.25, -0.2) is 4.79 Å². The molecule has 1 atom stereocenters. The van der Waals surface area contributed by atoms with Crippen LogP contribution in [-0.4, -0.2) is 44.9 Å².